The van der Waals surface area contributed by atoms with Gasteiger partial charge in [-0.2, -0.15) is 0 Å². The van der Waals surface area contributed by atoms with Crippen molar-refractivity contribution < 1.29 is 4.79 Å². The number of carbonyl (C=O) groups is 1. The molecule has 0 spiro atoms. The Labute approximate surface area is 130 Å². The molecule has 22 heavy (non-hydrogen) atoms. The minimum Gasteiger partial charge on any atom is -0.370 e. The Morgan fingerprint density at radius 3 is 2.59 bits per heavy atom. The van der Waals surface area contributed by atoms with Gasteiger partial charge >= 0.3 is 0 Å². The monoisotopic (exact) mass is 298 g/mol. The highest BCUT2D eigenvalue weighted by Crippen LogP contribution is 2.02. The molecule has 1 amide bonds. The van der Waals surface area contributed by atoms with Crippen molar-refractivity contribution in [3.63, 3.8) is 0 Å². The fourth-order valence-electron chi connectivity index (χ4n) is 2.08. The number of amides is 1. The first kappa shape index (κ1) is 16.0. The van der Waals surface area contributed by atoms with Gasteiger partial charge in [-0.15, -0.1) is 0 Å². The number of rotatable bonds is 8. The molecule has 1 heterocycles. The Hall–Kier alpha value is -2.40. The number of nitrogens with two attached hydrogens (primary N) is 1. The molecule has 0 aliphatic carbocycles. The molecule has 1 atom stereocenters. The maximum Gasteiger partial charge on any atom is 0.237 e. The van der Waals surface area contributed by atoms with Gasteiger partial charge in [0.15, 0.2) is 0 Å². The SMILES string of the molecule is NC(Cc1ccccc1)C(=O)NCCCNc1ccccn1. The van der Waals surface area contributed by atoms with Gasteiger partial charge in [0.1, 0.15) is 5.82 Å². The fourth-order valence-corrected chi connectivity index (χ4v) is 2.08. The van der Waals surface area contributed by atoms with E-state index in [1.165, 1.54) is 0 Å². The lowest BCUT2D eigenvalue weighted by atomic mass is 10.1. The summed E-state index contributed by atoms with van der Waals surface area (Å²) >= 11 is 0. The number of hydrogen-bond donors (Lipinski definition) is 3. The van der Waals surface area contributed by atoms with Crippen LogP contribution in [0.4, 0.5) is 5.82 Å². The highest BCUT2D eigenvalue weighted by Gasteiger charge is 2.12. The van der Waals surface area contributed by atoms with E-state index in [0.717, 1.165) is 24.3 Å². The molecule has 2 rings (SSSR count). The maximum absolute atomic E-state index is 11.9. The largest absolute Gasteiger partial charge is 0.370 e. The van der Waals surface area contributed by atoms with Crippen LogP contribution in [0.2, 0.25) is 0 Å². The Morgan fingerprint density at radius 1 is 1.09 bits per heavy atom. The number of nitrogens with one attached hydrogen (secondary N) is 2. The standard InChI is InChI=1S/C17H22N4O/c18-15(13-14-7-2-1-3-8-14)17(22)21-12-6-11-20-16-9-4-5-10-19-16/h1-5,7-10,15H,6,11-13,18H2,(H,19,20)(H,21,22). The van der Waals surface area contributed by atoms with E-state index in [-0.39, 0.29) is 5.91 Å². The highest BCUT2D eigenvalue weighted by molar-refractivity contribution is 5.81. The van der Waals surface area contributed by atoms with Crippen LogP contribution in [0.5, 0.6) is 0 Å². The van der Waals surface area contributed by atoms with E-state index in [9.17, 15) is 4.79 Å². The quantitative estimate of drug-likeness (QED) is 0.646. The third kappa shape index (κ3) is 5.54. The highest BCUT2D eigenvalue weighted by atomic mass is 16.2. The van der Waals surface area contributed by atoms with Crippen molar-refractivity contribution in [3.05, 3.63) is 60.3 Å². The summed E-state index contributed by atoms with van der Waals surface area (Å²) < 4.78 is 0. The maximum atomic E-state index is 11.9. The Morgan fingerprint density at radius 2 is 1.86 bits per heavy atom. The Kier molecular flexibility index (Phi) is 6.39. The lowest BCUT2D eigenvalue weighted by molar-refractivity contribution is -0.122. The summed E-state index contributed by atoms with van der Waals surface area (Å²) in [7, 11) is 0. The van der Waals surface area contributed by atoms with Crippen molar-refractivity contribution in [1.82, 2.24) is 10.3 Å². The van der Waals surface area contributed by atoms with E-state index in [0.29, 0.717) is 13.0 Å². The average molecular weight is 298 g/mol. The van der Waals surface area contributed by atoms with Crippen molar-refractivity contribution in [1.29, 1.82) is 0 Å². The van der Waals surface area contributed by atoms with Crippen LogP contribution < -0.4 is 16.4 Å². The third-order valence-electron chi connectivity index (χ3n) is 3.26. The Bertz CT molecular complexity index is 559. The van der Waals surface area contributed by atoms with E-state index in [1.54, 1.807) is 6.20 Å². The molecule has 0 fully saturated rings. The number of carbonyl (C=O) groups excluding carboxylic acids is 1. The lowest BCUT2D eigenvalue weighted by Gasteiger charge is -2.12. The number of aromatic nitrogens is 1. The van der Waals surface area contributed by atoms with Crippen LogP contribution in [-0.4, -0.2) is 30.0 Å². The van der Waals surface area contributed by atoms with Gasteiger partial charge in [0.2, 0.25) is 5.91 Å². The van der Waals surface area contributed by atoms with Crippen LogP contribution in [-0.2, 0) is 11.2 Å². The van der Waals surface area contributed by atoms with Gasteiger partial charge in [0.25, 0.3) is 0 Å². The number of anilines is 1. The topological polar surface area (TPSA) is 80.0 Å². The van der Waals surface area contributed by atoms with Gasteiger partial charge in [-0.3, -0.25) is 4.79 Å². The molecule has 1 aromatic heterocycles. The van der Waals surface area contributed by atoms with Crippen molar-refractivity contribution >= 4 is 11.7 Å². The third-order valence-corrected chi connectivity index (χ3v) is 3.26. The van der Waals surface area contributed by atoms with E-state index in [4.69, 9.17) is 5.73 Å². The number of benzene rings is 1. The van der Waals surface area contributed by atoms with Gasteiger partial charge in [0.05, 0.1) is 6.04 Å². The van der Waals surface area contributed by atoms with E-state index in [1.807, 2.05) is 48.5 Å². The normalized spacial score (nSPS) is 11.7. The zero-order chi connectivity index (χ0) is 15.6. The first-order valence-corrected chi connectivity index (χ1v) is 7.48. The van der Waals surface area contributed by atoms with E-state index in [2.05, 4.69) is 15.6 Å². The molecule has 0 radical (unpaired) electrons. The van der Waals surface area contributed by atoms with Gasteiger partial charge in [-0.1, -0.05) is 36.4 Å². The van der Waals surface area contributed by atoms with Crippen molar-refractivity contribution in [2.24, 2.45) is 5.73 Å². The van der Waals surface area contributed by atoms with Gasteiger partial charge in [0, 0.05) is 19.3 Å². The molecule has 1 unspecified atom stereocenters. The molecule has 0 bridgehead atoms. The molecular weight excluding hydrogens is 276 g/mol. The summed E-state index contributed by atoms with van der Waals surface area (Å²) in [5, 5.41) is 6.06. The first-order chi connectivity index (χ1) is 10.8. The molecule has 4 N–H and O–H groups in total. The second kappa shape index (κ2) is 8.79. The van der Waals surface area contributed by atoms with Gasteiger partial charge < -0.3 is 16.4 Å². The molecule has 0 saturated heterocycles. The molecule has 0 saturated carbocycles. The molecule has 2 aromatic rings. The van der Waals surface area contributed by atoms with Crippen molar-refractivity contribution in [2.75, 3.05) is 18.4 Å². The zero-order valence-corrected chi connectivity index (χ0v) is 12.5. The predicted molar refractivity (Wildman–Crippen MR) is 88.5 cm³/mol. The van der Waals surface area contributed by atoms with Gasteiger partial charge in [-0.05, 0) is 30.5 Å². The van der Waals surface area contributed by atoms with E-state index >= 15 is 0 Å². The average Bonchev–Trinajstić information content (AvgIpc) is 2.56. The van der Waals surface area contributed by atoms with Crippen LogP contribution in [0.1, 0.15) is 12.0 Å². The molecule has 116 valence electrons. The lowest BCUT2D eigenvalue weighted by Crippen LogP contribution is -2.42. The van der Waals surface area contributed by atoms with E-state index < -0.39 is 6.04 Å². The number of hydrogen-bond acceptors (Lipinski definition) is 4. The molecule has 0 aliphatic rings. The summed E-state index contributed by atoms with van der Waals surface area (Å²) in [6.07, 6.45) is 3.12. The van der Waals surface area contributed by atoms with Crippen LogP contribution >= 0.6 is 0 Å². The summed E-state index contributed by atoms with van der Waals surface area (Å²) in [6.45, 7) is 1.35. The zero-order valence-electron chi connectivity index (χ0n) is 12.5. The van der Waals surface area contributed by atoms with Crippen LogP contribution in [0.3, 0.4) is 0 Å². The first-order valence-electron chi connectivity index (χ1n) is 7.48. The Balaban J connectivity index is 1.61. The minimum absolute atomic E-state index is 0.110. The number of nitrogens with zero attached hydrogens (tertiary/aromatic N) is 1. The molecule has 1 aromatic carbocycles. The van der Waals surface area contributed by atoms with Crippen LogP contribution in [0, 0.1) is 0 Å². The minimum atomic E-state index is -0.508. The fraction of sp³-hybridized carbons (Fsp3) is 0.294. The smallest absolute Gasteiger partial charge is 0.237 e. The predicted octanol–water partition coefficient (Wildman–Crippen LogP) is 1.57. The molecule has 5 heteroatoms. The summed E-state index contributed by atoms with van der Waals surface area (Å²) in [5.74, 6) is 0.733. The second-order valence-electron chi connectivity index (χ2n) is 5.08. The summed E-state index contributed by atoms with van der Waals surface area (Å²) in [5.41, 5.74) is 6.99. The number of pyridine rings is 1. The van der Waals surface area contributed by atoms with Crippen molar-refractivity contribution in [3.8, 4) is 0 Å². The molecule has 5 nitrogen and oxygen atoms in total. The molecule has 0 aliphatic heterocycles. The second-order valence-corrected chi connectivity index (χ2v) is 5.08. The molecular formula is C17H22N4O. The summed E-state index contributed by atoms with van der Waals surface area (Å²) in [4.78, 5) is 16.1. The van der Waals surface area contributed by atoms with Crippen LogP contribution in [0.25, 0.3) is 0 Å². The van der Waals surface area contributed by atoms with Gasteiger partial charge in [-0.25, -0.2) is 4.98 Å². The van der Waals surface area contributed by atoms with Crippen LogP contribution in [0.15, 0.2) is 54.7 Å². The summed E-state index contributed by atoms with van der Waals surface area (Å²) in [6, 6.07) is 15.0. The van der Waals surface area contributed by atoms with Crippen molar-refractivity contribution in [2.45, 2.75) is 18.9 Å².